The summed E-state index contributed by atoms with van der Waals surface area (Å²) in [6.07, 6.45) is 8.45. The zero-order valence-electron chi connectivity index (χ0n) is 19.1. The van der Waals surface area contributed by atoms with E-state index in [-0.39, 0.29) is 18.1 Å². The van der Waals surface area contributed by atoms with Crippen molar-refractivity contribution in [2.45, 2.75) is 89.5 Å². The summed E-state index contributed by atoms with van der Waals surface area (Å²) < 4.78 is 68.8. The van der Waals surface area contributed by atoms with Crippen LogP contribution in [0.3, 0.4) is 0 Å². The molecule has 0 unspecified atom stereocenters. The fraction of sp³-hybridized carbons (Fsp3) is 0.739. The Morgan fingerprint density at radius 1 is 1.06 bits per heavy atom. The SMILES string of the molecule is Cc1c(F)cc(S(=O)(=O)N(C)C2CCC(CCCCCC(C)(C)CO)CC2)c(F)c1F. The molecule has 8 heteroatoms. The second-order valence-electron chi connectivity index (χ2n) is 9.73. The smallest absolute Gasteiger partial charge is 0.246 e. The van der Waals surface area contributed by atoms with Crippen LogP contribution < -0.4 is 0 Å². The Bertz CT molecular complexity index is 850. The van der Waals surface area contributed by atoms with Crippen molar-refractivity contribution >= 4 is 10.0 Å². The number of nitrogens with zero attached hydrogens (tertiary/aromatic N) is 1. The molecule has 0 amide bonds. The lowest BCUT2D eigenvalue weighted by Gasteiger charge is -2.34. The van der Waals surface area contributed by atoms with Crippen LogP contribution in [-0.2, 0) is 10.0 Å². The maximum absolute atomic E-state index is 14.3. The highest BCUT2D eigenvalue weighted by Gasteiger charge is 2.34. The lowest BCUT2D eigenvalue weighted by atomic mass is 9.82. The molecule has 1 aromatic rings. The molecule has 0 spiro atoms. The molecule has 0 bridgehead atoms. The third-order valence-electron chi connectivity index (χ3n) is 6.74. The van der Waals surface area contributed by atoms with Crippen LogP contribution >= 0.6 is 0 Å². The summed E-state index contributed by atoms with van der Waals surface area (Å²) in [6, 6.07) is 0.266. The lowest BCUT2D eigenvalue weighted by molar-refractivity contribution is 0.146. The average Bonchev–Trinajstić information content (AvgIpc) is 2.74. The van der Waals surface area contributed by atoms with Crippen molar-refractivity contribution in [3.05, 3.63) is 29.1 Å². The van der Waals surface area contributed by atoms with Gasteiger partial charge in [-0.25, -0.2) is 21.6 Å². The standard InChI is InChI=1S/C23H36F3NO3S/c1-16-19(24)14-20(22(26)21(16)25)31(29,30)27(4)18-11-9-17(10-12-18)8-6-5-7-13-23(2,3)15-28/h14,17-18,28H,5-13,15H2,1-4H3. The lowest BCUT2D eigenvalue weighted by Crippen LogP contribution is -2.40. The molecule has 0 heterocycles. The minimum absolute atomic E-state index is 0.0309. The fourth-order valence-electron chi connectivity index (χ4n) is 4.29. The molecule has 1 aliphatic rings. The van der Waals surface area contributed by atoms with Crippen molar-refractivity contribution in [3.8, 4) is 0 Å². The van der Waals surface area contributed by atoms with E-state index in [0.29, 0.717) is 24.8 Å². The van der Waals surface area contributed by atoms with Gasteiger partial charge in [-0.05, 0) is 56.4 Å². The molecular weight excluding hydrogens is 427 g/mol. The van der Waals surface area contributed by atoms with Crippen LogP contribution in [0.15, 0.2) is 11.0 Å². The predicted octanol–water partition coefficient (Wildman–Crippen LogP) is 5.56. The minimum atomic E-state index is -4.33. The van der Waals surface area contributed by atoms with Crippen molar-refractivity contribution in [1.29, 1.82) is 0 Å². The maximum Gasteiger partial charge on any atom is 0.246 e. The van der Waals surface area contributed by atoms with Gasteiger partial charge in [-0.15, -0.1) is 0 Å². The maximum atomic E-state index is 14.3. The Morgan fingerprint density at radius 2 is 1.68 bits per heavy atom. The van der Waals surface area contributed by atoms with Crippen molar-refractivity contribution < 1.29 is 26.7 Å². The first-order chi connectivity index (χ1) is 14.4. The number of halogens is 3. The summed E-state index contributed by atoms with van der Waals surface area (Å²) in [5.41, 5.74) is -0.559. The van der Waals surface area contributed by atoms with Gasteiger partial charge in [0.05, 0.1) is 0 Å². The number of aliphatic hydroxyl groups excluding tert-OH is 1. The van der Waals surface area contributed by atoms with Crippen LogP contribution in [0.25, 0.3) is 0 Å². The number of benzene rings is 1. The Morgan fingerprint density at radius 3 is 2.26 bits per heavy atom. The predicted molar refractivity (Wildman–Crippen MR) is 116 cm³/mol. The summed E-state index contributed by atoms with van der Waals surface area (Å²) in [5, 5.41) is 9.30. The minimum Gasteiger partial charge on any atom is -0.396 e. The van der Waals surface area contributed by atoms with Gasteiger partial charge < -0.3 is 5.11 Å². The molecule has 31 heavy (non-hydrogen) atoms. The number of rotatable bonds is 10. The first-order valence-electron chi connectivity index (χ1n) is 11.1. The van der Waals surface area contributed by atoms with Crippen LogP contribution in [-0.4, -0.2) is 37.5 Å². The van der Waals surface area contributed by atoms with E-state index in [1.807, 2.05) is 0 Å². The van der Waals surface area contributed by atoms with E-state index in [9.17, 15) is 26.7 Å². The highest BCUT2D eigenvalue weighted by Crippen LogP contribution is 2.34. The second-order valence-corrected chi connectivity index (χ2v) is 11.7. The van der Waals surface area contributed by atoms with Crippen LogP contribution in [0.1, 0.15) is 77.2 Å². The van der Waals surface area contributed by atoms with Crippen molar-refractivity contribution in [2.24, 2.45) is 11.3 Å². The van der Waals surface area contributed by atoms with Crippen molar-refractivity contribution in [1.82, 2.24) is 4.31 Å². The fourth-order valence-corrected chi connectivity index (χ4v) is 5.78. The highest BCUT2D eigenvalue weighted by molar-refractivity contribution is 7.89. The van der Waals surface area contributed by atoms with Gasteiger partial charge in [0.2, 0.25) is 10.0 Å². The second kappa shape index (κ2) is 10.7. The molecule has 0 aliphatic heterocycles. The van der Waals surface area contributed by atoms with E-state index in [1.54, 1.807) is 0 Å². The van der Waals surface area contributed by atoms with Gasteiger partial charge in [-0.3, -0.25) is 0 Å². The number of hydrogen-bond donors (Lipinski definition) is 1. The number of unbranched alkanes of at least 4 members (excludes halogenated alkanes) is 2. The first kappa shape index (κ1) is 26.1. The van der Waals surface area contributed by atoms with Gasteiger partial charge in [0.25, 0.3) is 0 Å². The number of aliphatic hydroxyl groups is 1. The van der Waals surface area contributed by atoms with Crippen LogP contribution in [0.4, 0.5) is 13.2 Å². The van der Waals surface area contributed by atoms with E-state index in [0.717, 1.165) is 56.2 Å². The normalized spacial score (nSPS) is 20.4. The Hall–Kier alpha value is -1.12. The van der Waals surface area contributed by atoms with Crippen LogP contribution in [0, 0.1) is 35.7 Å². The van der Waals surface area contributed by atoms with E-state index in [4.69, 9.17) is 0 Å². The topological polar surface area (TPSA) is 57.6 Å². The van der Waals surface area contributed by atoms with Gasteiger partial charge in [0, 0.05) is 25.3 Å². The van der Waals surface area contributed by atoms with Gasteiger partial charge in [0.15, 0.2) is 11.6 Å². The Labute approximate surface area is 184 Å². The molecule has 1 N–H and O–H groups in total. The summed E-state index contributed by atoms with van der Waals surface area (Å²) in [7, 11) is -2.97. The molecule has 0 radical (unpaired) electrons. The molecular formula is C23H36F3NO3S. The monoisotopic (exact) mass is 463 g/mol. The van der Waals surface area contributed by atoms with E-state index in [1.165, 1.54) is 7.05 Å². The number of hydrogen-bond acceptors (Lipinski definition) is 3. The van der Waals surface area contributed by atoms with Gasteiger partial charge in [-0.2, -0.15) is 4.31 Å². The quantitative estimate of drug-likeness (QED) is 0.365. The van der Waals surface area contributed by atoms with Crippen molar-refractivity contribution in [2.75, 3.05) is 13.7 Å². The summed E-state index contributed by atoms with van der Waals surface area (Å²) in [6.45, 7) is 5.38. The number of sulfonamides is 1. The summed E-state index contributed by atoms with van der Waals surface area (Å²) in [4.78, 5) is -0.941. The molecule has 1 saturated carbocycles. The van der Waals surface area contributed by atoms with E-state index < -0.39 is 37.9 Å². The first-order valence-corrected chi connectivity index (χ1v) is 12.6. The molecule has 4 nitrogen and oxygen atoms in total. The molecule has 0 saturated heterocycles. The largest absolute Gasteiger partial charge is 0.396 e. The zero-order chi connectivity index (χ0) is 23.4. The van der Waals surface area contributed by atoms with Crippen molar-refractivity contribution in [3.63, 3.8) is 0 Å². The third-order valence-corrected chi connectivity index (χ3v) is 8.65. The molecule has 2 rings (SSSR count). The van der Waals surface area contributed by atoms with E-state index in [2.05, 4.69) is 13.8 Å². The molecule has 1 fully saturated rings. The molecule has 178 valence electrons. The molecule has 0 aromatic heterocycles. The zero-order valence-corrected chi connectivity index (χ0v) is 19.9. The van der Waals surface area contributed by atoms with Crippen LogP contribution in [0.2, 0.25) is 0 Å². The average molecular weight is 464 g/mol. The Balaban J connectivity index is 1.88. The van der Waals surface area contributed by atoms with E-state index >= 15 is 0 Å². The van der Waals surface area contributed by atoms with Gasteiger partial charge in [0.1, 0.15) is 10.7 Å². The molecule has 1 aromatic carbocycles. The van der Waals surface area contributed by atoms with Gasteiger partial charge in [-0.1, -0.05) is 39.5 Å². The van der Waals surface area contributed by atoms with Gasteiger partial charge >= 0.3 is 0 Å². The summed E-state index contributed by atoms with van der Waals surface area (Å²) in [5.74, 6) is -3.52. The molecule has 1 aliphatic carbocycles. The van der Waals surface area contributed by atoms with Crippen LogP contribution in [0.5, 0.6) is 0 Å². The highest BCUT2D eigenvalue weighted by atomic mass is 32.2. The Kier molecular flexibility index (Phi) is 8.99. The molecule has 0 atom stereocenters. The third kappa shape index (κ3) is 6.45. The summed E-state index contributed by atoms with van der Waals surface area (Å²) >= 11 is 0.